The van der Waals surface area contributed by atoms with Crippen molar-refractivity contribution in [1.29, 1.82) is 0 Å². The van der Waals surface area contributed by atoms with E-state index < -0.39 is 0 Å². The molecule has 0 amide bonds. The van der Waals surface area contributed by atoms with Gasteiger partial charge in [0.15, 0.2) is 0 Å². The molecule has 0 aliphatic heterocycles. The topological polar surface area (TPSA) is 3.24 Å². The van der Waals surface area contributed by atoms with Gasteiger partial charge in [-0.25, -0.2) is 0 Å². The fraction of sp³-hybridized carbons (Fsp3) is 0.125. The second-order valence-corrected chi connectivity index (χ2v) is 4.79. The van der Waals surface area contributed by atoms with Crippen molar-refractivity contribution in [3.05, 3.63) is 66.2 Å². The zero-order valence-electron chi connectivity index (χ0n) is 10.4. The SMILES string of the molecule is C=C(Cl)CN(C)c1ccccc1-c1ccccc1. The largest absolute Gasteiger partial charge is 0.369 e. The Bertz CT molecular complexity index is 534. The molecular formula is C16H16ClN. The Morgan fingerprint density at radius 2 is 1.67 bits per heavy atom. The fourth-order valence-electron chi connectivity index (χ4n) is 2.01. The van der Waals surface area contributed by atoms with Gasteiger partial charge in [0.05, 0.1) is 6.54 Å². The minimum Gasteiger partial charge on any atom is -0.369 e. The number of anilines is 1. The molecule has 2 rings (SSSR count). The van der Waals surface area contributed by atoms with Crippen molar-refractivity contribution in [2.75, 3.05) is 18.5 Å². The number of para-hydroxylation sites is 1. The van der Waals surface area contributed by atoms with E-state index in [4.69, 9.17) is 11.6 Å². The molecule has 0 N–H and O–H groups in total. The maximum absolute atomic E-state index is 5.88. The summed E-state index contributed by atoms with van der Waals surface area (Å²) in [7, 11) is 2.02. The Hall–Kier alpha value is -1.73. The second kappa shape index (κ2) is 5.74. The van der Waals surface area contributed by atoms with Gasteiger partial charge in [0, 0.05) is 23.3 Å². The molecule has 0 heterocycles. The van der Waals surface area contributed by atoms with Crippen LogP contribution in [-0.2, 0) is 0 Å². The third kappa shape index (κ3) is 2.93. The Morgan fingerprint density at radius 1 is 1.06 bits per heavy atom. The van der Waals surface area contributed by atoms with Crippen LogP contribution < -0.4 is 4.90 Å². The van der Waals surface area contributed by atoms with Crippen LogP contribution in [0.5, 0.6) is 0 Å². The highest BCUT2D eigenvalue weighted by molar-refractivity contribution is 6.29. The Balaban J connectivity index is 2.40. The van der Waals surface area contributed by atoms with E-state index in [1.807, 2.05) is 31.3 Å². The maximum Gasteiger partial charge on any atom is 0.0527 e. The summed E-state index contributed by atoms with van der Waals surface area (Å²) in [5, 5.41) is 0.639. The van der Waals surface area contributed by atoms with Gasteiger partial charge in [0.2, 0.25) is 0 Å². The first-order chi connectivity index (χ1) is 8.68. The third-order valence-corrected chi connectivity index (χ3v) is 2.93. The van der Waals surface area contributed by atoms with Gasteiger partial charge in [0.1, 0.15) is 0 Å². The lowest BCUT2D eigenvalue weighted by atomic mass is 10.0. The second-order valence-electron chi connectivity index (χ2n) is 4.26. The molecule has 0 fully saturated rings. The lowest BCUT2D eigenvalue weighted by molar-refractivity contribution is 1.02. The van der Waals surface area contributed by atoms with Crippen molar-refractivity contribution in [2.24, 2.45) is 0 Å². The molecule has 0 aliphatic rings. The smallest absolute Gasteiger partial charge is 0.0527 e. The first kappa shape index (κ1) is 12.7. The molecule has 0 spiro atoms. The number of hydrogen-bond acceptors (Lipinski definition) is 1. The van der Waals surface area contributed by atoms with Crippen molar-refractivity contribution in [3.8, 4) is 11.1 Å². The highest BCUT2D eigenvalue weighted by Gasteiger charge is 2.08. The number of nitrogens with zero attached hydrogens (tertiary/aromatic N) is 1. The van der Waals surface area contributed by atoms with Crippen molar-refractivity contribution in [3.63, 3.8) is 0 Å². The number of halogens is 1. The monoisotopic (exact) mass is 257 g/mol. The van der Waals surface area contributed by atoms with Crippen LogP contribution in [0.3, 0.4) is 0 Å². The van der Waals surface area contributed by atoms with E-state index in [-0.39, 0.29) is 0 Å². The molecule has 0 unspecified atom stereocenters. The van der Waals surface area contributed by atoms with Gasteiger partial charge >= 0.3 is 0 Å². The Labute approximate surface area is 113 Å². The van der Waals surface area contributed by atoms with Crippen LogP contribution in [0.1, 0.15) is 0 Å². The summed E-state index contributed by atoms with van der Waals surface area (Å²) in [6.45, 7) is 4.39. The molecule has 2 aromatic rings. The van der Waals surface area contributed by atoms with Gasteiger partial charge in [-0.1, -0.05) is 66.7 Å². The number of likely N-dealkylation sites (N-methyl/N-ethyl adjacent to an activating group) is 1. The summed E-state index contributed by atoms with van der Waals surface area (Å²) in [6.07, 6.45) is 0. The van der Waals surface area contributed by atoms with Crippen LogP contribution in [0.15, 0.2) is 66.2 Å². The first-order valence-electron chi connectivity index (χ1n) is 5.87. The first-order valence-corrected chi connectivity index (χ1v) is 6.25. The van der Waals surface area contributed by atoms with Crippen molar-refractivity contribution in [2.45, 2.75) is 0 Å². The van der Waals surface area contributed by atoms with E-state index in [2.05, 4.69) is 41.8 Å². The van der Waals surface area contributed by atoms with Gasteiger partial charge in [-0.3, -0.25) is 0 Å². The van der Waals surface area contributed by atoms with Crippen molar-refractivity contribution >= 4 is 17.3 Å². The summed E-state index contributed by atoms with van der Waals surface area (Å²) in [5.74, 6) is 0. The average Bonchev–Trinajstić information content (AvgIpc) is 2.39. The summed E-state index contributed by atoms with van der Waals surface area (Å²) >= 11 is 5.88. The van der Waals surface area contributed by atoms with E-state index in [0.29, 0.717) is 11.6 Å². The van der Waals surface area contributed by atoms with Crippen LogP contribution >= 0.6 is 11.6 Å². The van der Waals surface area contributed by atoms with Gasteiger partial charge in [-0.2, -0.15) is 0 Å². The normalized spacial score (nSPS) is 10.1. The molecule has 2 heteroatoms. The minimum absolute atomic E-state index is 0.639. The zero-order chi connectivity index (χ0) is 13.0. The quantitative estimate of drug-likeness (QED) is 0.777. The lowest BCUT2D eigenvalue weighted by Gasteiger charge is -2.22. The molecule has 0 bridgehead atoms. The predicted molar refractivity (Wildman–Crippen MR) is 80.1 cm³/mol. The standard InChI is InChI=1S/C16H16ClN/c1-13(17)12-18(2)16-11-7-6-10-15(16)14-8-4-3-5-9-14/h3-11H,1,12H2,2H3. The molecule has 0 saturated heterocycles. The summed E-state index contributed by atoms with van der Waals surface area (Å²) in [5.41, 5.74) is 3.57. The van der Waals surface area contributed by atoms with Crippen LogP contribution in [0, 0.1) is 0 Å². The van der Waals surface area contributed by atoms with Gasteiger partial charge in [-0.05, 0) is 11.6 Å². The molecule has 0 aromatic heterocycles. The highest BCUT2D eigenvalue weighted by Crippen LogP contribution is 2.30. The van der Waals surface area contributed by atoms with E-state index in [0.717, 1.165) is 5.69 Å². The number of hydrogen-bond donors (Lipinski definition) is 0. The van der Waals surface area contributed by atoms with E-state index in [1.54, 1.807) is 0 Å². The number of rotatable bonds is 4. The van der Waals surface area contributed by atoms with E-state index >= 15 is 0 Å². The fourth-order valence-corrected chi connectivity index (χ4v) is 2.19. The van der Waals surface area contributed by atoms with Crippen LogP contribution in [0.25, 0.3) is 11.1 Å². The average molecular weight is 258 g/mol. The Kier molecular flexibility index (Phi) is 4.06. The van der Waals surface area contributed by atoms with Gasteiger partial charge < -0.3 is 4.90 Å². The number of benzene rings is 2. The van der Waals surface area contributed by atoms with Crippen LogP contribution in [0.4, 0.5) is 5.69 Å². The van der Waals surface area contributed by atoms with Crippen LogP contribution in [-0.4, -0.2) is 13.6 Å². The van der Waals surface area contributed by atoms with Gasteiger partial charge in [0.25, 0.3) is 0 Å². The molecule has 18 heavy (non-hydrogen) atoms. The van der Waals surface area contributed by atoms with Crippen molar-refractivity contribution in [1.82, 2.24) is 0 Å². The summed E-state index contributed by atoms with van der Waals surface area (Å²) in [6, 6.07) is 18.7. The summed E-state index contributed by atoms with van der Waals surface area (Å²) in [4.78, 5) is 2.11. The molecule has 0 radical (unpaired) electrons. The maximum atomic E-state index is 5.88. The van der Waals surface area contributed by atoms with E-state index in [9.17, 15) is 0 Å². The summed E-state index contributed by atoms with van der Waals surface area (Å²) < 4.78 is 0. The predicted octanol–water partition coefficient (Wildman–Crippen LogP) is 4.54. The minimum atomic E-state index is 0.639. The molecule has 2 aromatic carbocycles. The zero-order valence-corrected chi connectivity index (χ0v) is 11.2. The van der Waals surface area contributed by atoms with E-state index in [1.165, 1.54) is 11.1 Å². The molecule has 0 atom stereocenters. The molecular weight excluding hydrogens is 242 g/mol. The lowest BCUT2D eigenvalue weighted by Crippen LogP contribution is -2.19. The molecule has 92 valence electrons. The van der Waals surface area contributed by atoms with Gasteiger partial charge in [-0.15, -0.1) is 0 Å². The van der Waals surface area contributed by atoms with Crippen molar-refractivity contribution < 1.29 is 0 Å². The highest BCUT2D eigenvalue weighted by atomic mass is 35.5. The molecule has 0 aliphatic carbocycles. The third-order valence-electron chi connectivity index (χ3n) is 2.81. The molecule has 1 nitrogen and oxygen atoms in total. The Morgan fingerprint density at radius 3 is 2.33 bits per heavy atom. The molecule has 0 saturated carbocycles. The van der Waals surface area contributed by atoms with Crippen LogP contribution in [0.2, 0.25) is 0 Å².